The zero-order valence-electron chi connectivity index (χ0n) is 20.4. The molecule has 0 aliphatic heterocycles. The topological polar surface area (TPSA) is 13.1 Å². The van der Waals surface area contributed by atoms with Crippen molar-refractivity contribution in [3.05, 3.63) is 52.0 Å². The number of unbranched alkanes of at least 4 members (excludes halogenated alkanes) is 5. The number of fused-ring (bicyclic) bond motifs is 3. The van der Waals surface area contributed by atoms with E-state index in [1.807, 2.05) is 12.1 Å². The Bertz CT molecular complexity index is 1120. The lowest BCUT2D eigenvalue weighted by atomic mass is 9.77. The third kappa shape index (κ3) is 5.67. The Morgan fingerprint density at radius 2 is 1.58 bits per heavy atom. The molecule has 0 amide bonds. The van der Waals surface area contributed by atoms with Crippen LogP contribution in [0.15, 0.2) is 34.7 Å². The Labute approximate surface area is 203 Å². The molecule has 1 nitrogen and oxygen atoms in total. The average molecular weight is 467 g/mol. The van der Waals surface area contributed by atoms with Crippen LogP contribution < -0.4 is 0 Å². The van der Waals surface area contributed by atoms with Gasteiger partial charge in [0.25, 0.3) is 0 Å². The summed E-state index contributed by atoms with van der Waals surface area (Å²) in [5.41, 5.74) is 2.42. The van der Waals surface area contributed by atoms with Gasteiger partial charge < -0.3 is 4.42 Å². The first-order valence-corrected chi connectivity index (χ1v) is 13.7. The fourth-order valence-corrected chi connectivity index (χ4v) is 5.93. The summed E-state index contributed by atoms with van der Waals surface area (Å²) < 4.78 is 21.5. The van der Waals surface area contributed by atoms with Gasteiger partial charge in [-0.15, -0.1) is 0 Å². The number of hydrogen-bond acceptors (Lipinski definition) is 2. The molecule has 1 fully saturated rings. The number of aryl methyl sites for hydroxylation is 1. The second-order valence-electron chi connectivity index (χ2n) is 10.1. The highest BCUT2D eigenvalue weighted by molar-refractivity contribution is 7.71. The van der Waals surface area contributed by atoms with Crippen molar-refractivity contribution in [2.24, 2.45) is 5.92 Å². The lowest BCUT2D eigenvalue weighted by Crippen LogP contribution is -2.13. The summed E-state index contributed by atoms with van der Waals surface area (Å²) in [6.07, 6.45) is 16.1. The number of halogens is 1. The SMILES string of the molecule is CCCCCCC1CCC(c2ccc3c(c2)c(=S)oc2c(F)c(CCCCC)ccc23)CC1. The maximum absolute atomic E-state index is 15.2. The second kappa shape index (κ2) is 11.6. The van der Waals surface area contributed by atoms with E-state index in [0.717, 1.165) is 53.3 Å². The van der Waals surface area contributed by atoms with E-state index in [9.17, 15) is 0 Å². The third-order valence-electron chi connectivity index (χ3n) is 7.76. The molecule has 2 aromatic carbocycles. The van der Waals surface area contributed by atoms with Gasteiger partial charge in [-0.25, -0.2) is 4.39 Å². The normalized spacial score (nSPS) is 18.9. The summed E-state index contributed by atoms with van der Waals surface area (Å²) in [5, 5.41) is 2.79. The van der Waals surface area contributed by atoms with E-state index >= 15 is 4.39 Å². The van der Waals surface area contributed by atoms with Gasteiger partial charge in [0.1, 0.15) is 0 Å². The smallest absolute Gasteiger partial charge is 0.198 e. The van der Waals surface area contributed by atoms with Crippen LogP contribution in [0.2, 0.25) is 0 Å². The summed E-state index contributed by atoms with van der Waals surface area (Å²) in [4.78, 5) is 0. The minimum Gasteiger partial charge on any atom is -0.441 e. The summed E-state index contributed by atoms with van der Waals surface area (Å²) in [6, 6.07) is 10.6. The molecule has 1 aliphatic rings. The summed E-state index contributed by atoms with van der Waals surface area (Å²) in [6.45, 7) is 4.44. The standard InChI is InChI=1S/C30H39FOS/c1-3-5-7-9-10-21-12-14-22(15-13-21)24-17-18-25-26-19-16-23(11-8-6-4-2)28(31)29(26)32-30(33)27(25)20-24/h16-22H,3-15H2,1-2H3. The van der Waals surface area contributed by atoms with Gasteiger partial charge in [0.05, 0.1) is 0 Å². The molecule has 0 saturated heterocycles. The van der Waals surface area contributed by atoms with Crippen molar-refractivity contribution in [1.82, 2.24) is 0 Å². The Kier molecular flexibility index (Phi) is 8.57. The first-order valence-electron chi connectivity index (χ1n) is 13.3. The zero-order valence-corrected chi connectivity index (χ0v) is 21.2. The second-order valence-corrected chi connectivity index (χ2v) is 10.5. The first-order chi connectivity index (χ1) is 16.1. The van der Waals surface area contributed by atoms with Crippen LogP contribution in [0.5, 0.6) is 0 Å². The molecular weight excluding hydrogens is 427 g/mol. The molecule has 3 heteroatoms. The van der Waals surface area contributed by atoms with Crippen LogP contribution in [-0.2, 0) is 6.42 Å². The van der Waals surface area contributed by atoms with Gasteiger partial charge in [0.2, 0.25) is 0 Å². The van der Waals surface area contributed by atoms with Crippen LogP contribution in [0.3, 0.4) is 0 Å². The van der Waals surface area contributed by atoms with Crippen molar-refractivity contribution in [2.45, 2.75) is 103 Å². The van der Waals surface area contributed by atoms with E-state index in [0.29, 0.717) is 16.2 Å². The quantitative estimate of drug-likeness (QED) is 0.167. The molecule has 0 radical (unpaired) electrons. The third-order valence-corrected chi connectivity index (χ3v) is 8.06. The molecule has 1 heterocycles. The lowest BCUT2D eigenvalue weighted by molar-refractivity contribution is 0.302. The van der Waals surface area contributed by atoms with E-state index in [1.54, 1.807) is 0 Å². The number of benzene rings is 2. The molecular formula is C30H39FOS. The van der Waals surface area contributed by atoms with Gasteiger partial charge in [-0.3, -0.25) is 0 Å². The number of hydrogen-bond donors (Lipinski definition) is 0. The molecule has 1 aliphatic carbocycles. The predicted octanol–water partition coefficient (Wildman–Crippen LogP) is 10.4. The van der Waals surface area contributed by atoms with Crippen molar-refractivity contribution in [3.8, 4) is 0 Å². The average Bonchev–Trinajstić information content (AvgIpc) is 2.84. The monoisotopic (exact) mass is 466 g/mol. The molecule has 4 rings (SSSR count). The van der Waals surface area contributed by atoms with Gasteiger partial charge in [-0.2, -0.15) is 0 Å². The summed E-state index contributed by atoms with van der Waals surface area (Å²) in [5.74, 6) is 1.27. The van der Waals surface area contributed by atoms with Crippen LogP contribution in [0.1, 0.15) is 108 Å². The molecule has 33 heavy (non-hydrogen) atoms. The first kappa shape index (κ1) is 24.4. The highest BCUT2D eigenvalue weighted by Gasteiger charge is 2.23. The fraction of sp³-hybridized carbons (Fsp3) is 0.567. The summed E-state index contributed by atoms with van der Waals surface area (Å²) in [7, 11) is 0. The van der Waals surface area contributed by atoms with Crippen LogP contribution in [0.25, 0.3) is 21.7 Å². The maximum atomic E-state index is 15.2. The molecule has 0 unspecified atom stereocenters. The molecule has 178 valence electrons. The van der Waals surface area contributed by atoms with E-state index < -0.39 is 0 Å². The van der Waals surface area contributed by atoms with Crippen molar-refractivity contribution in [2.75, 3.05) is 0 Å². The van der Waals surface area contributed by atoms with Gasteiger partial charge in [-0.1, -0.05) is 83.1 Å². The Balaban J connectivity index is 1.52. The molecule has 0 bridgehead atoms. The van der Waals surface area contributed by atoms with Gasteiger partial charge in [0.15, 0.2) is 16.1 Å². The maximum Gasteiger partial charge on any atom is 0.198 e. The highest BCUT2D eigenvalue weighted by atomic mass is 32.1. The molecule has 0 N–H and O–H groups in total. The van der Waals surface area contributed by atoms with E-state index in [4.69, 9.17) is 16.6 Å². The van der Waals surface area contributed by atoms with Gasteiger partial charge >= 0.3 is 0 Å². The van der Waals surface area contributed by atoms with Crippen molar-refractivity contribution in [3.63, 3.8) is 0 Å². The van der Waals surface area contributed by atoms with Crippen LogP contribution in [-0.4, -0.2) is 0 Å². The minimum absolute atomic E-state index is 0.238. The molecule has 3 aromatic rings. The largest absolute Gasteiger partial charge is 0.441 e. The molecule has 0 atom stereocenters. The fourth-order valence-electron chi connectivity index (χ4n) is 5.68. The van der Waals surface area contributed by atoms with E-state index in [1.165, 1.54) is 63.4 Å². The Hall–Kier alpha value is -1.74. The number of rotatable bonds is 10. The van der Waals surface area contributed by atoms with E-state index in [-0.39, 0.29) is 5.82 Å². The predicted molar refractivity (Wildman–Crippen MR) is 141 cm³/mol. The van der Waals surface area contributed by atoms with Crippen LogP contribution >= 0.6 is 12.2 Å². The lowest BCUT2D eigenvalue weighted by Gasteiger charge is -2.29. The molecule has 1 saturated carbocycles. The van der Waals surface area contributed by atoms with Gasteiger partial charge in [-0.05, 0) is 85.2 Å². The minimum atomic E-state index is -0.238. The summed E-state index contributed by atoms with van der Waals surface area (Å²) >= 11 is 5.61. The molecule has 0 spiro atoms. The van der Waals surface area contributed by atoms with Crippen molar-refractivity contribution in [1.29, 1.82) is 0 Å². The van der Waals surface area contributed by atoms with Gasteiger partial charge in [0, 0.05) is 10.8 Å². The van der Waals surface area contributed by atoms with Crippen LogP contribution in [0.4, 0.5) is 4.39 Å². The highest BCUT2D eigenvalue weighted by Crippen LogP contribution is 2.39. The Morgan fingerprint density at radius 1 is 0.848 bits per heavy atom. The van der Waals surface area contributed by atoms with Crippen molar-refractivity contribution < 1.29 is 8.81 Å². The van der Waals surface area contributed by atoms with Crippen molar-refractivity contribution >= 4 is 34.0 Å². The molecule has 1 aromatic heterocycles. The van der Waals surface area contributed by atoms with E-state index in [2.05, 4.69) is 32.0 Å². The van der Waals surface area contributed by atoms with Crippen LogP contribution in [0, 0.1) is 16.4 Å². The zero-order chi connectivity index (χ0) is 23.2. The Morgan fingerprint density at radius 3 is 2.33 bits per heavy atom.